The average Bonchev–Trinajstić information content (AvgIpc) is 3.54. The van der Waals surface area contributed by atoms with Crippen LogP contribution in [0.4, 0.5) is 0 Å². The van der Waals surface area contributed by atoms with Gasteiger partial charge in [0.25, 0.3) is 0 Å². The standard InChI is InChI=1S/C37H28N5O2.Pt/c1-37(2,3)23-20-32(42-29-14-8-7-12-26(29)27-13-9-18-38-35(27)42)40-33(21-23)44-25-15-16-30-28(22-25)34-31(43)17-19-39-36(34)41(30)24-10-5-4-6-11-24;/h4-21H,1-3H3,(H,39,43);/q-1;. The molecule has 0 aliphatic rings. The van der Waals surface area contributed by atoms with Crippen molar-refractivity contribution in [2.45, 2.75) is 26.2 Å². The summed E-state index contributed by atoms with van der Waals surface area (Å²) in [5.41, 5.74) is 5.21. The number of ether oxygens (including phenoxy) is 1. The van der Waals surface area contributed by atoms with Crippen LogP contribution in [0.5, 0.6) is 17.4 Å². The minimum Gasteiger partial charge on any atom is -0.517 e. The number of nitrogens with zero attached hydrogens (tertiary/aromatic N) is 5. The molecule has 224 valence electrons. The Balaban J connectivity index is 0.00000325. The minimum absolute atomic E-state index is 0. The Hall–Kier alpha value is -5.00. The third kappa shape index (κ3) is 4.75. The second-order valence-corrected chi connectivity index (χ2v) is 11.9. The largest absolute Gasteiger partial charge is 0.517 e. The molecule has 7 nitrogen and oxygen atoms in total. The number of hydrogen-bond acceptors (Lipinski definition) is 5. The summed E-state index contributed by atoms with van der Waals surface area (Å²) in [6.07, 6.45) is 3.42. The predicted molar refractivity (Wildman–Crippen MR) is 174 cm³/mol. The molecule has 8 heteroatoms. The SMILES string of the molecule is CC(C)(C)c1cc(Oc2[c-]c3c4c(O)ccnc4n(-c4ccccc4)c3cc2)nc(-n2c3ccccc3c3cccnc32)c1.[Pt]. The number of aromatic hydroxyl groups is 1. The Kier molecular flexibility index (Phi) is 6.94. The van der Waals surface area contributed by atoms with Crippen molar-refractivity contribution in [2.24, 2.45) is 0 Å². The van der Waals surface area contributed by atoms with Crippen molar-refractivity contribution in [3.05, 3.63) is 121 Å². The van der Waals surface area contributed by atoms with Gasteiger partial charge in [-0.15, -0.1) is 11.5 Å². The summed E-state index contributed by atoms with van der Waals surface area (Å²) >= 11 is 0. The van der Waals surface area contributed by atoms with E-state index < -0.39 is 0 Å². The Morgan fingerprint density at radius 3 is 2.31 bits per heavy atom. The molecular weight excluding hydrogens is 742 g/mol. The van der Waals surface area contributed by atoms with Gasteiger partial charge in [-0.3, -0.25) is 4.57 Å². The van der Waals surface area contributed by atoms with Crippen LogP contribution in [0.15, 0.2) is 109 Å². The first-order chi connectivity index (χ1) is 21.4. The minimum atomic E-state index is -0.170. The zero-order chi connectivity index (χ0) is 30.0. The van der Waals surface area contributed by atoms with E-state index in [-0.39, 0.29) is 32.2 Å². The van der Waals surface area contributed by atoms with Crippen LogP contribution in [0.3, 0.4) is 0 Å². The Bertz CT molecular complexity index is 2320. The van der Waals surface area contributed by atoms with Crippen LogP contribution < -0.4 is 4.74 Å². The summed E-state index contributed by atoms with van der Waals surface area (Å²) < 4.78 is 10.6. The number of aromatic nitrogens is 5. The molecule has 0 aliphatic heterocycles. The molecule has 5 aromatic heterocycles. The van der Waals surface area contributed by atoms with E-state index in [0.29, 0.717) is 28.0 Å². The number of rotatable bonds is 4. The maximum Gasteiger partial charge on any atom is 0.219 e. The van der Waals surface area contributed by atoms with E-state index in [1.807, 2.05) is 77.5 Å². The zero-order valence-corrected chi connectivity index (χ0v) is 27.1. The van der Waals surface area contributed by atoms with Crippen LogP contribution in [0.1, 0.15) is 26.3 Å². The first kappa shape index (κ1) is 28.8. The van der Waals surface area contributed by atoms with Gasteiger partial charge in [-0.05, 0) is 64.3 Å². The molecule has 1 N–H and O–H groups in total. The molecule has 0 amide bonds. The molecule has 0 atom stereocenters. The summed E-state index contributed by atoms with van der Waals surface area (Å²) in [6.45, 7) is 6.52. The Labute approximate surface area is 274 Å². The van der Waals surface area contributed by atoms with E-state index in [1.54, 1.807) is 12.3 Å². The maximum atomic E-state index is 10.9. The van der Waals surface area contributed by atoms with Crippen molar-refractivity contribution in [3.8, 4) is 28.9 Å². The first-order valence-corrected chi connectivity index (χ1v) is 14.5. The smallest absolute Gasteiger partial charge is 0.219 e. The molecule has 0 bridgehead atoms. The number of pyridine rings is 3. The molecule has 0 saturated heterocycles. The second kappa shape index (κ2) is 10.9. The normalized spacial score (nSPS) is 11.8. The van der Waals surface area contributed by atoms with Crippen LogP contribution in [0.2, 0.25) is 0 Å². The van der Waals surface area contributed by atoms with Crippen molar-refractivity contribution in [1.82, 2.24) is 24.1 Å². The third-order valence-electron chi connectivity index (χ3n) is 8.05. The van der Waals surface area contributed by atoms with Crippen LogP contribution in [0, 0.1) is 6.07 Å². The Morgan fingerprint density at radius 2 is 1.49 bits per heavy atom. The van der Waals surface area contributed by atoms with E-state index in [2.05, 4.69) is 60.7 Å². The van der Waals surface area contributed by atoms with Crippen molar-refractivity contribution >= 4 is 43.9 Å². The van der Waals surface area contributed by atoms with Gasteiger partial charge in [0.05, 0.1) is 16.9 Å². The molecule has 0 radical (unpaired) electrons. The predicted octanol–water partition coefficient (Wildman–Crippen LogP) is 8.66. The van der Waals surface area contributed by atoms with Crippen LogP contribution in [-0.4, -0.2) is 29.2 Å². The van der Waals surface area contributed by atoms with E-state index in [9.17, 15) is 5.11 Å². The zero-order valence-electron chi connectivity index (χ0n) is 24.8. The van der Waals surface area contributed by atoms with Gasteiger partial charge in [-0.1, -0.05) is 69.3 Å². The molecule has 5 heterocycles. The number of fused-ring (bicyclic) bond motifs is 6. The quantitative estimate of drug-likeness (QED) is 0.182. The summed E-state index contributed by atoms with van der Waals surface area (Å²) in [5.74, 6) is 1.79. The Morgan fingerprint density at radius 1 is 0.733 bits per heavy atom. The molecule has 0 aliphatic carbocycles. The number of para-hydroxylation sites is 2. The summed E-state index contributed by atoms with van der Waals surface area (Å²) in [6, 6.07) is 35.3. The molecule has 45 heavy (non-hydrogen) atoms. The fourth-order valence-electron chi connectivity index (χ4n) is 5.94. The molecule has 8 aromatic rings. The van der Waals surface area contributed by atoms with Crippen molar-refractivity contribution in [2.75, 3.05) is 0 Å². The van der Waals surface area contributed by atoms with Gasteiger partial charge in [-0.25, -0.2) is 9.97 Å². The van der Waals surface area contributed by atoms with Gasteiger partial charge in [0.2, 0.25) is 5.88 Å². The molecule has 3 aromatic carbocycles. The van der Waals surface area contributed by atoms with Gasteiger partial charge < -0.3 is 14.4 Å². The van der Waals surface area contributed by atoms with Crippen molar-refractivity contribution in [1.29, 1.82) is 0 Å². The summed E-state index contributed by atoms with van der Waals surface area (Å²) in [5, 5.41) is 14.4. The van der Waals surface area contributed by atoms with Gasteiger partial charge >= 0.3 is 0 Å². The molecular formula is C37H28N5O2Pt-. The fourth-order valence-corrected chi connectivity index (χ4v) is 5.94. The maximum absolute atomic E-state index is 10.9. The topological polar surface area (TPSA) is 78.0 Å². The van der Waals surface area contributed by atoms with E-state index in [0.717, 1.165) is 44.5 Å². The summed E-state index contributed by atoms with van der Waals surface area (Å²) in [4.78, 5) is 14.4. The van der Waals surface area contributed by atoms with Gasteiger partial charge in [-0.2, -0.15) is 4.98 Å². The van der Waals surface area contributed by atoms with Crippen LogP contribution in [-0.2, 0) is 26.5 Å². The van der Waals surface area contributed by atoms with Gasteiger partial charge in [0.1, 0.15) is 11.5 Å². The van der Waals surface area contributed by atoms with E-state index in [1.165, 1.54) is 0 Å². The molecule has 8 rings (SSSR count). The van der Waals surface area contributed by atoms with Crippen LogP contribution >= 0.6 is 0 Å². The van der Waals surface area contributed by atoms with E-state index in [4.69, 9.17) is 14.7 Å². The van der Waals surface area contributed by atoms with Gasteiger partial charge in [0, 0.05) is 61.7 Å². The van der Waals surface area contributed by atoms with Crippen molar-refractivity contribution < 1.29 is 30.9 Å². The third-order valence-corrected chi connectivity index (χ3v) is 8.05. The number of hydrogen-bond donors (Lipinski definition) is 1. The van der Waals surface area contributed by atoms with Crippen LogP contribution in [0.25, 0.3) is 55.4 Å². The molecule has 0 saturated carbocycles. The van der Waals surface area contributed by atoms with Gasteiger partial charge in [0.15, 0.2) is 0 Å². The molecule has 0 fully saturated rings. The average molecular weight is 770 g/mol. The summed E-state index contributed by atoms with van der Waals surface area (Å²) in [7, 11) is 0. The first-order valence-electron chi connectivity index (χ1n) is 14.5. The second-order valence-electron chi connectivity index (χ2n) is 11.9. The van der Waals surface area contributed by atoms with E-state index >= 15 is 0 Å². The molecule has 0 unspecified atom stereocenters. The monoisotopic (exact) mass is 769 g/mol. The van der Waals surface area contributed by atoms with Crippen molar-refractivity contribution in [3.63, 3.8) is 0 Å². The molecule has 0 spiro atoms. The fraction of sp³-hybridized carbons (Fsp3) is 0.108. The number of benzene rings is 3.